The van der Waals surface area contributed by atoms with Gasteiger partial charge < -0.3 is 5.32 Å². The largest absolute Gasteiger partial charge is 0.355 e. The van der Waals surface area contributed by atoms with E-state index in [1.54, 1.807) is 18.2 Å². The molecule has 1 N–H and O–H groups in total. The van der Waals surface area contributed by atoms with Crippen molar-refractivity contribution in [3.63, 3.8) is 0 Å². The number of benzene rings is 1. The van der Waals surface area contributed by atoms with Gasteiger partial charge >= 0.3 is 0 Å². The van der Waals surface area contributed by atoms with E-state index in [1.165, 1.54) is 6.92 Å². The number of rotatable bonds is 4. The molecular formula is C10H11NO2. The topological polar surface area (TPSA) is 46.2 Å². The van der Waals surface area contributed by atoms with Gasteiger partial charge in [-0.05, 0) is 18.6 Å². The molecule has 1 rings (SSSR count). The maximum atomic E-state index is 11.0. The third kappa shape index (κ3) is 2.71. The number of hydrogen-bond acceptors (Lipinski definition) is 2. The van der Waals surface area contributed by atoms with Crippen LogP contribution in [0.3, 0.4) is 0 Å². The molecule has 0 aliphatic heterocycles. The summed E-state index contributed by atoms with van der Waals surface area (Å²) in [6, 6.07) is 7.20. The smallest absolute Gasteiger partial charge is 0.207 e. The Hall–Kier alpha value is -1.64. The molecule has 1 amide bonds. The minimum absolute atomic E-state index is 0.0351. The lowest BCUT2D eigenvalue weighted by atomic mass is 10.1. The molecule has 0 saturated heterocycles. The van der Waals surface area contributed by atoms with Crippen LogP contribution >= 0.6 is 0 Å². The van der Waals surface area contributed by atoms with Crippen LogP contribution in [0.5, 0.6) is 0 Å². The van der Waals surface area contributed by atoms with E-state index in [9.17, 15) is 9.59 Å². The molecule has 1 aromatic rings. The average molecular weight is 177 g/mol. The fourth-order valence-electron chi connectivity index (χ4n) is 1.06. The molecule has 1 aromatic carbocycles. The molecule has 0 fully saturated rings. The molecule has 0 aromatic heterocycles. The van der Waals surface area contributed by atoms with E-state index < -0.39 is 0 Å². The van der Waals surface area contributed by atoms with Crippen LogP contribution in [0.2, 0.25) is 0 Å². The van der Waals surface area contributed by atoms with Gasteiger partial charge in [-0.2, -0.15) is 0 Å². The molecule has 0 atom stereocenters. The van der Waals surface area contributed by atoms with Crippen molar-refractivity contribution in [3.8, 4) is 0 Å². The van der Waals surface area contributed by atoms with E-state index in [-0.39, 0.29) is 5.78 Å². The summed E-state index contributed by atoms with van der Waals surface area (Å²) in [7, 11) is 0. The predicted molar refractivity (Wildman–Crippen MR) is 49.4 cm³/mol. The van der Waals surface area contributed by atoms with Crippen molar-refractivity contribution >= 4 is 12.2 Å². The number of Topliss-reactive ketones (excluding diaryl/α,β-unsaturated/α-hetero) is 1. The molecule has 13 heavy (non-hydrogen) atoms. The van der Waals surface area contributed by atoms with Gasteiger partial charge in [-0.1, -0.05) is 18.2 Å². The summed E-state index contributed by atoms with van der Waals surface area (Å²) in [6.45, 7) is 1.98. The third-order valence-corrected chi connectivity index (χ3v) is 1.72. The van der Waals surface area contributed by atoms with Crippen LogP contribution in [-0.2, 0) is 11.3 Å². The van der Waals surface area contributed by atoms with E-state index in [2.05, 4.69) is 5.32 Å². The Balaban J connectivity index is 2.79. The molecule has 0 heterocycles. The molecule has 3 heteroatoms. The first-order valence-corrected chi connectivity index (χ1v) is 4.01. The van der Waals surface area contributed by atoms with Gasteiger partial charge in [-0.15, -0.1) is 0 Å². The minimum atomic E-state index is 0.0351. The number of ketones is 1. The van der Waals surface area contributed by atoms with E-state index in [4.69, 9.17) is 0 Å². The van der Waals surface area contributed by atoms with Crippen molar-refractivity contribution in [1.82, 2.24) is 5.32 Å². The van der Waals surface area contributed by atoms with Crippen LogP contribution < -0.4 is 5.32 Å². The summed E-state index contributed by atoms with van der Waals surface area (Å²) >= 11 is 0. The molecule has 0 radical (unpaired) electrons. The van der Waals surface area contributed by atoms with Crippen LogP contribution in [0.15, 0.2) is 24.3 Å². The Kier molecular flexibility index (Phi) is 3.20. The third-order valence-electron chi connectivity index (χ3n) is 1.72. The van der Waals surface area contributed by atoms with Crippen LogP contribution in [0, 0.1) is 0 Å². The van der Waals surface area contributed by atoms with Crippen molar-refractivity contribution in [2.24, 2.45) is 0 Å². The number of hydrogen-bond donors (Lipinski definition) is 1. The highest BCUT2D eigenvalue weighted by molar-refractivity contribution is 5.94. The second-order valence-electron chi connectivity index (χ2n) is 2.76. The molecule has 3 nitrogen and oxygen atoms in total. The standard InChI is InChI=1S/C10H11NO2/c1-8(13)10-4-2-3-9(5-10)6-11-7-12/h2-5,7H,6H2,1H3,(H,11,12). The highest BCUT2D eigenvalue weighted by Gasteiger charge is 1.99. The van der Waals surface area contributed by atoms with Gasteiger partial charge in [0.05, 0.1) is 0 Å². The molecule has 0 bridgehead atoms. The first kappa shape index (κ1) is 9.45. The summed E-state index contributed by atoms with van der Waals surface area (Å²) in [5.74, 6) is 0.0351. The summed E-state index contributed by atoms with van der Waals surface area (Å²) in [6.07, 6.45) is 0.639. The lowest BCUT2D eigenvalue weighted by molar-refractivity contribution is -0.109. The van der Waals surface area contributed by atoms with Crippen LogP contribution in [0.1, 0.15) is 22.8 Å². The van der Waals surface area contributed by atoms with E-state index in [1.807, 2.05) is 6.07 Å². The minimum Gasteiger partial charge on any atom is -0.355 e. The normalized spacial score (nSPS) is 9.31. The molecule has 0 saturated carbocycles. The van der Waals surface area contributed by atoms with E-state index in [0.29, 0.717) is 18.5 Å². The zero-order valence-electron chi connectivity index (χ0n) is 7.41. The van der Waals surface area contributed by atoms with Gasteiger partial charge in [0.1, 0.15) is 0 Å². The molecule has 0 aliphatic rings. The van der Waals surface area contributed by atoms with E-state index >= 15 is 0 Å². The van der Waals surface area contributed by atoms with Crippen LogP contribution in [-0.4, -0.2) is 12.2 Å². The number of nitrogens with one attached hydrogen (secondary N) is 1. The fourth-order valence-corrected chi connectivity index (χ4v) is 1.06. The maximum absolute atomic E-state index is 11.0. The van der Waals surface area contributed by atoms with Crippen LogP contribution in [0.4, 0.5) is 0 Å². The number of amides is 1. The highest BCUT2D eigenvalue weighted by Crippen LogP contribution is 2.05. The van der Waals surface area contributed by atoms with Crippen molar-refractivity contribution in [3.05, 3.63) is 35.4 Å². The second-order valence-corrected chi connectivity index (χ2v) is 2.76. The summed E-state index contributed by atoms with van der Waals surface area (Å²) in [4.78, 5) is 21.0. The molecule has 0 spiro atoms. The lowest BCUT2D eigenvalue weighted by Crippen LogP contribution is -2.10. The van der Waals surface area contributed by atoms with Gasteiger partial charge in [-0.3, -0.25) is 9.59 Å². The Labute approximate surface area is 76.8 Å². The number of carbonyl (C=O) groups excluding carboxylic acids is 2. The monoisotopic (exact) mass is 177 g/mol. The van der Waals surface area contributed by atoms with Crippen molar-refractivity contribution in [2.45, 2.75) is 13.5 Å². The zero-order valence-corrected chi connectivity index (χ0v) is 7.41. The quantitative estimate of drug-likeness (QED) is 0.553. The Morgan fingerprint density at radius 2 is 2.31 bits per heavy atom. The summed E-state index contributed by atoms with van der Waals surface area (Å²) in [5, 5.41) is 2.54. The van der Waals surface area contributed by atoms with E-state index in [0.717, 1.165) is 5.56 Å². The van der Waals surface area contributed by atoms with Gasteiger partial charge in [0.25, 0.3) is 0 Å². The lowest BCUT2D eigenvalue weighted by Gasteiger charge is -2.01. The average Bonchev–Trinajstić information content (AvgIpc) is 2.15. The molecular weight excluding hydrogens is 166 g/mol. The van der Waals surface area contributed by atoms with Gasteiger partial charge in [0.2, 0.25) is 6.41 Å². The second kappa shape index (κ2) is 4.40. The number of carbonyl (C=O) groups is 2. The Bertz CT molecular complexity index is 320. The van der Waals surface area contributed by atoms with Crippen molar-refractivity contribution < 1.29 is 9.59 Å². The SMILES string of the molecule is CC(=O)c1cccc(CNC=O)c1. The van der Waals surface area contributed by atoms with Crippen molar-refractivity contribution in [1.29, 1.82) is 0 Å². The van der Waals surface area contributed by atoms with Crippen molar-refractivity contribution in [2.75, 3.05) is 0 Å². The first-order valence-electron chi connectivity index (χ1n) is 4.01. The molecule has 0 aliphatic carbocycles. The molecule has 0 unspecified atom stereocenters. The Morgan fingerprint density at radius 1 is 1.54 bits per heavy atom. The zero-order chi connectivity index (χ0) is 9.68. The van der Waals surface area contributed by atoms with Gasteiger partial charge in [0, 0.05) is 12.1 Å². The molecule has 68 valence electrons. The maximum Gasteiger partial charge on any atom is 0.207 e. The predicted octanol–water partition coefficient (Wildman–Crippen LogP) is 1.14. The summed E-state index contributed by atoms with van der Waals surface area (Å²) in [5.41, 5.74) is 1.60. The highest BCUT2D eigenvalue weighted by atomic mass is 16.1. The Morgan fingerprint density at radius 3 is 2.92 bits per heavy atom. The van der Waals surface area contributed by atoms with Gasteiger partial charge in [0.15, 0.2) is 5.78 Å². The first-order chi connectivity index (χ1) is 6.24. The van der Waals surface area contributed by atoms with Crippen LogP contribution in [0.25, 0.3) is 0 Å². The summed E-state index contributed by atoms with van der Waals surface area (Å²) < 4.78 is 0. The van der Waals surface area contributed by atoms with Gasteiger partial charge in [-0.25, -0.2) is 0 Å². The fraction of sp³-hybridized carbons (Fsp3) is 0.200.